The number of alkyl halides is 2. The van der Waals surface area contributed by atoms with Crippen molar-refractivity contribution in [2.45, 2.75) is 104 Å². The molecule has 1 saturated heterocycles. The van der Waals surface area contributed by atoms with E-state index in [0.717, 1.165) is 0 Å². The molecule has 3 rings (SSSR count). The summed E-state index contributed by atoms with van der Waals surface area (Å²) in [6.45, 7) is 13.8. The first-order chi connectivity index (χ1) is 19.1. The molecule has 0 spiro atoms. The lowest BCUT2D eigenvalue weighted by Gasteiger charge is -2.42. The van der Waals surface area contributed by atoms with Crippen molar-refractivity contribution in [2.24, 2.45) is 0 Å². The van der Waals surface area contributed by atoms with E-state index in [1.807, 2.05) is 13.8 Å². The van der Waals surface area contributed by atoms with Crippen molar-refractivity contribution in [2.75, 3.05) is 38.3 Å². The van der Waals surface area contributed by atoms with Gasteiger partial charge in [0, 0.05) is 45.0 Å². The Morgan fingerprint density at radius 1 is 1.20 bits per heavy atom. The van der Waals surface area contributed by atoms with Crippen LogP contribution in [0.4, 0.5) is 19.3 Å². The minimum absolute atomic E-state index is 0.137. The van der Waals surface area contributed by atoms with E-state index in [0.29, 0.717) is 51.1 Å². The topological polar surface area (TPSA) is 88.6 Å². The monoisotopic (exact) mass is 581 g/mol. The summed E-state index contributed by atoms with van der Waals surface area (Å²) in [6.07, 6.45) is -0.844. The lowest BCUT2D eigenvalue weighted by molar-refractivity contribution is -0.132. The number of unbranched alkanes of at least 4 members (excludes halogenated alkanes) is 1. The zero-order valence-electron chi connectivity index (χ0n) is 25.6. The molecule has 0 N–H and O–H groups in total. The number of hydrogen-bond donors (Lipinski definition) is 0. The van der Waals surface area contributed by atoms with E-state index in [1.54, 1.807) is 51.5 Å². The lowest BCUT2D eigenvalue weighted by atomic mass is 9.96. The third-order valence-corrected chi connectivity index (χ3v) is 7.23. The molecule has 1 fully saturated rings. The van der Waals surface area contributed by atoms with E-state index < -0.39 is 41.2 Å². The standard InChI is InChI=1S/C30H45F2N3O6/c1-19(2)35(20-12-11-13-33(18-20)28(38)41-29(3,4)5)26(36)22-16-23-24(17-21(22)25(31)32)40-30(6,7)27(37)34(23)14-9-10-15-39-8/h16-17,19-20,25H,9-15,18H2,1-8H3/t20-/m1/s1. The van der Waals surface area contributed by atoms with Crippen molar-refractivity contribution >= 4 is 23.6 Å². The number of halogens is 2. The number of ether oxygens (including phenoxy) is 3. The highest BCUT2D eigenvalue weighted by Crippen LogP contribution is 2.42. The number of rotatable bonds is 9. The number of likely N-dealkylation sites (tertiary alicyclic amines) is 1. The Balaban J connectivity index is 2.00. The Kier molecular flexibility index (Phi) is 10.3. The quantitative estimate of drug-likeness (QED) is 0.342. The molecule has 230 valence electrons. The molecule has 2 aliphatic rings. The average Bonchev–Trinajstić information content (AvgIpc) is 2.86. The number of piperidine rings is 1. The first kappa shape index (κ1) is 32.6. The van der Waals surface area contributed by atoms with Crippen LogP contribution in [-0.2, 0) is 14.3 Å². The second kappa shape index (κ2) is 12.9. The van der Waals surface area contributed by atoms with Gasteiger partial charge >= 0.3 is 6.09 Å². The molecule has 1 aromatic carbocycles. The number of methoxy groups -OCH3 is 1. The molecule has 2 aliphatic heterocycles. The van der Waals surface area contributed by atoms with Gasteiger partial charge in [0.1, 0.15) is 11.4 Å². The van der Waals surface area contributed by atoms with Gasteiger partial charge < -0.3 is 28.9 Å². The molecule has 2 heterocycles. The molecule has 0 aliphatic carbocycles. The van der Waals surface area contributed by atoms with Gasteiger partial charge in [-0.3, -0.25) is 9.59 Å². The summed E-state index contributed by atoms with van der Waals surface area (Å²) in [7, 11) is 1.60. The molecular weight excluding hydrogens is 536 g/mol. The summed E-state index contributed by atoms with van der Waals surface area (Å²) in [5.74, 6) is -0.754. The summed E-state index contributed by atoms with van der Waals surface area (Å²) in [5, 5.41) is 0. The number of carbonyl (C=O) groups excluding carboxylic acids is 3. The Hall–Kier alpha value is -2.95. The predicted octanol–water partition coefficient (Wildman–Crippen LogP) is 5.80. The summed E-state index contributed by atoms with van der Waals surface area (Å²) in [6, 6.07) is 1.82. The van der Waals surface area contributed by atoms with Crippen molar-refractivity contribution in [3.8, 4) is 5.75 Å². The van der Waals surface area contributed by atoms with Crippen LogP contribution in [0.2, 0.25) is 0 Å². The van der Waals surface area contributed by atoms with Crippen molar-refractivity contribution < 1.29 is 37.4 Å². The molecule has 0 aromatic heterocycles. The number of fused-ring (bicyclic) bond motifs is 1. The zero-order valence-corrected chi connectivity index (χ0v) is 25.6. The van der Waals surface area contributed by atoms with Gasteiger partial charge in [-0.15, -0.1) is 0 Å². The maximum Gasteiger partial charge on any atom is 0.410 e. The van der Waals surface area contributed by atoms with Gasteiger partial charge in [-0.25, -0.2) is 13.6 Å². The van der Waals surface area contributed by atoms with Crippen molar-refractivity contribution in [3.05, 3.63) is 23.3 Å². The summed E-state index contributed by atoms with van der Waals surface area (Å²) >= 11 is 0. The van der Waals surface area contributed by atoms with Crippen LogP contribution in [-0.4, -0.2) is 84.3 Å². The van der Waals surface area contributed by atoms with E-state index in [2.05, 4.69) is 0 Å². The van der Waals surface area contributed by atoms with E-state index >= 15 is 0 Å². The van der Waals surface area contributed by atoms with Crippen LogP contribution in [0, 0.1) is 0 Å². The van der Waals surface area contributed by atoms with Crippen LogP contribution in [0.25, 0.3) is 0 Å². The van der Waals surface area contributed by atoms with Crippen molar-refractivity contribution in [1.82, 2.24) is 9.80 Å². The zero-order chi connectivity index (χ0) is 30.7. The number of benzene rings is 1. The minimum Gasteiger partial charge on any atom is -0.476 e. The molecule has 9 nitrogen and oxygen atoms in total. The van der Waals surface area contributed by atoms with Crippen LogP contribution in [0.5, 0.6) is 5.75 Å². The van der Waals surface area contributed by atoms with Gasteiger partial charge in [0.2, 0.25) is 0 Å². The molecule has 0 radical (unpaired) electrons. The van der Waals surface area contributed by atoms with E-state index in [4.69, 9.17) is 14.2 Å². The molecule has 3 amide bonds. The number of carbonyl (C=O) groups is 3. The highest BCUT2D eigenvalue weighted by atomic mass is 19.3. The van der Waals surface area contributed by atoms with Gasteiger partial charge in [-0.05, 0) is 86.3 Å². The molecule has 0 unspecified atom stereocenters. The molecular formula is C30H45F2N3O6. The van der Waals surface area contributed by atoms with Gasteiger partial charge in [-0.1, -0.05) is 0 Å². The SMILES string of the molecule is COCCCCN1C(=O)C(C)(C)Oc2cc(C(F)F)c(C(=O)N(C(C)C)[C@@H]3CCCN(C(=O)OC(C)(C)C)C3)cc21. The van der Waals surface area contributed by atoms with Crippen molar-refractivity contribution in [1.29, 1.82) is 0 Å². The number of anilines is 1. The number of nitrogens with zero attached hydrogens (tertiary/aromatic N) is 3. The molecule has 11 heteroatoms. The van der Waals surface area contributed by atoms with E-state index in [-0.39, 0.29) is 29.8 Å². The Morgan fingerprint density at radius 3 is 2.46 bits per heavy atom. The average molecular weight is 582 g/mol. The van der Waals surface area contributed by atoms with Crippen LogP contribution in [0.15, 0.2) is 12.1 Å². The normalized spacial score (nSPS) is 18.8. The number of hydrogen-bond acceptors (Lipinski definition) is 6. The fourth-order valence-electron chi connectivity index (χ4n) is 5.37. The summed E-state index contributed by atoms with van der Waals surface area (Å²) < 4.78 is 45.4. The van der Waals surface area contributed by atoms with E-state index in [1.165, 1.54) is 17.0 Å². The van der Waals surface area contributed by atoms with Gasteiger partial charge in [-0.2, -0.15) is 0 Å². The highest BCUT2D eigenvalue weighted by molar-refractivity contribution is 6.05. The largest absolute Gasteiger partial charge is 0.476 e. The Bertz CT molecular complexity index is 1120. The first-order valence-corrected chi connectivity index (χ1v) is 14.3. The third kappa shape index (κ3) is 7.67. The third-order valence-electron chi connectivity index (χ3n) is 7.23. The molecule has 0 bridgehead atoms. The van der Waals surface area contributed by atoms with E-state index in [9.17, 15) is 23.2 Å². The first-order valence-electron chi connectivity index (χ1n) is 14.3. The van der Waals surface area contributed by atoms with Crippen LogP contribution >= 0.6 is 0 Å². The molecule has 1 aromatic rings. The van der Waals surface area contributed by atoms with Gasteiger partial charge in [0.25, 0.3) is 18.2 Å². The molecule has 1 atom stereocenters. The van der Waals surface area contributed by atoms with Gasteiger partial charge in [0.05, 0.1) is 17.3 Å². The molecule has 41 heavy (non-hydrogen) atoms. The smallest absolute Gasteiger partial charge is 0.410 e. The van der Waals surface area contributed by atoms with Crippen LogP contribution in [0.1, 0.15) is 96.5 Å². The highest BCUT2D eigenvalue weighted by Gasteiger charge is 2.43. The predicted molar refractivity (Wildman–Crippen MR) is 152 cm³/mol. The Morgan fingerprint density at radius 2 is 1.88 bits per heavy atom. The fourth-order valence-corrected chi connectivity index (χ4v) is 5.37. The second-order valence-electron chi connectivity index (χ2n) is 12.5. The summed E-state index contributed by atoms with van der Waals surface area (Å²) in [4.78, 5) is 44.9. The van der Waals surface area contributed by atoms with Crippen LogP contribution < -0.4 is 9.64 Å². The second-order valence-corrected chi connectivity index (χ2v) is 12.5. The molecule has 0 saturated carbocycles. The fraction of sp³-hybridized carbons (Fsp3) is 0.700. The van der Waals surface area contributed by atoms with Crippen molar-refractivity contribution in [3.63, 3.8) is 0 Å². The lowest BCUT2D eigenvalue weighted by Crippen LogP contribution is -2.55. The maximum atomic E-state index is 14.5. The number of amides is 3. The maximum absolute atomic E-state index is 14.5. The summed E-state index contributed by atoms with van der Waals surface area (Å²) in [5.41, 5.74) is -2.27. The van der Waals surface area contributed by atoms with Crippen LogP contribution in [0.3, 0.4) is 0 Å². The van der Waals surface area contributed by atoms with Gasteiger partial charge in [0.15, 0.2) is 5.60 Å². The minimum atomic E-state index is -2.95. The Labute approximate surface area is 242 Å².